The van der Waals surface area contributed by atoms with Gasteiger partial charge in [-0.05, 0) is 76.5 Å². The molecule has 14 unspecified atom stereocenters. The smallest absolute Gasteiger partial charge is 0.330 e. The van der Waals surface area contributed by atoms with Crippen molar-refractivity contribution in [1.29, 1.82) is 0 Å². The van der Waals surface area contributed by atoms with E-state index in [0.717, 1.165) is 12.2 Å². The second kappa shape index (κ2) is 34.8. The molecule has 0 aromatic carbocycles. The number of hydrogen-bond acceptors (Lipinski definition) is 36. The molecule has 39 atom stereocenters. The van der Waals surface area contributed by atoms with Crippen molar-refractivity contribution in [2.24, 2.45) is 23.7 Å². The lowest BCUT2D eigenvalue weighted by Crippen LogP contribution is -2.64. The molecule has 10 rings (SSSR count). The quantitative estimate of drug-likeness (QED) is 0.0288. The Bertz CT molecular complexity index is 2640. The molecule has 6 aliphatic heterocycles. The zero-order chi connectivity index (χ0) is 72.5. The third-order valence-corrected chi connectivity index (χ3v) is 21.3. The van der Waals surface area contributed by atoms with Gasteiger partial charge in [0.1, 0.15) is 141 Å². The van der Waals surface area contributed by atoms with Crippen LogP contribution in [0.2, 0.25) is 0 Å². The van der Waals surface area contributed by atoms with Crippen LogP contribution in [0, 0.1) is 23.7 Å². The number of aliphatic hydroxyl groups is 24. The van der Waals surface area contributed by atoms with Gasteiger partial charge in [0.15, 0.2) is 43.7 Å². The van der Waals surface area contributed by atoms with Gasteiger partial charge in [-0.1, -0.05) is 12.2 Å². The number of allylic oxidation sites excluding steroid dienone is 2. The van der Waals surface area contributed by atoms with Gasteiger partial charge in [0.05, 0.1) is 74.1 Å². The first-order chi connectivity index (χ1) is 47.4. The molecule has 574 valence electrons. The molecule has 0 aromatic heterocycles. The molecule has 10 fully saturated rings. The van der Waals surface area contributed by atoms with Crippen LogP contribution in [0.1, 0.15) is 77.6 Å². The van der Waals surface area contributed by atoms with E-state index in [9.17, 15) is 122 Å². The van der Waals surface area contributed by atoms with Crippen molar-refractivity contribution in [3.63, 3.8) is 0 Å². The summed E-state index contributed by atoms with van der Waals surface area (Å²) in [5, 5.41) is 235. The molecule has 4 saturated carbocycles. The topological polar surface area (TPSA) is 603 Å². The SMILES string of the molecule is C[C@@H]1O[C@@H](OC[C@H]2O[C@@H](OC3CC4C(O)CC(O[C@@H]5O[C@H](COC(=O)C=CC6CCC(O[C@@H]7O[C@H](COC(=O)C=CC8CCC(O[C@@H]9O[C@H](CO)[C@@H](O)[C@H](O)[C@H]9O)C(O)C8)[C@@H](O)[C@H](O)[C@H]7O)C(O)C6)[C@@H](O)[C@H](O)[C@H]5O)CC4[OH+]C3C3CC(O)C(O)C(O)C3)[C@H](O)[C@@H](O)[C@@H]2O)[C@H](O)[C@H](O)[C@H]1O. The highest BCUT2D eigenvalue weighted by molar-refractivity contribution is 5.82. The lowest BCUT2D eigenvalue weighted by Gasteiger charge is -2.49. The van der Waals surface area contributed by atoms with Crippen LogP contribution in [0.25, 0.3) is 0 Å². The van der Waals surface area contributed by atoms with E-state index < -0.39 is 283 Å². The number of hydrogen-bond donors (Lipinski definition) is 22. The number of ether oxygens (including phenoxy) is 13. The predicted octanol–water partition coefficient (Wildman–Crippen LogP) is -11.0. The summed E-state index contributed by atoms with van der Waals surface area (Å²) in [5.74, 6) is -4.00. The first kappa shape index (κ1) is 79.7. The monoisotopic (exact) mass is 1450 g/mol. The van der Waals surface area contributed by atoms with Crippen molar-refractivity contribution in [2.45, 2.75) is 304 Å². The number of rotatable bonds is 21. The fraction of sp³-hybridized carbons (Fsp3) is 0.905. The molecular formula is C63H101O37+. The maximum Gasteiger partial charge on any atom is 0.330 e. The Hall–Kier alpha value is -2.90. The van der Waals surface area contributed by atoms with Crippen molar-refractivity contribution in [3.05, 3.63) is 24.3 Å². The Kier molecular flexibility index (Phi) is 27.7. The van der Waals surface area contributed by atoms with Crippen LogP contribution < -0.4 is 0 Å². The van der Waals surface area contributed by atoms with Gasteiger partial charge in [-0.2, -0.15) is 0 Å². The van der Waals surface area contributed by atoms with Gasteiger partial charge in [0.25, 0.3) is 0 Å². The summed E-state index contributed by atoms with van der Waals surface area (Å²) in [6.45, 7) is -1.10. The first-order valence-corrected chi connectivity index (χ1v) is 34.2. The molecule has 0 radical (unpaired) electrons. The fourth-order valence-corrected chi connectivity index (χ4v) is 15.2. The summed E-state index contributed by atoms with van der Waals surface area (Å²) in [7, 11) is 0. The molecule has 37 nitrogen and oxygen atoms in total. The van der Waals surface area contributed by atoms with Crippen LogP contribution in [0.4, 0.5) is 0 Å². The average Bonchev–Trinajstić information content (AvgIpc) is 0.767. The van der Waals surface area contributed by atoms with Crippen molar-refractivity contribution in [3.8, 4) is 0 Å². The molecule has 6 saturated heterocycles. The van der Waals surface area contributed by atoms with E-state index in [1.165, 1.54) is 19.1 Å². The van der Waals surface area contributed by atoms with E-state index in [1.807, 2.05) is 0 Å². The van der Waals surface area contributed by atoms with Gasteiger partial charge >= 0.3 is 11.9 Å². The van der Waals surface area contributed by atoms with Gasteiger partial charge in [-0.3, -0.25) is 0 Å². The second-order valence-electron chi connectivity index (χ2n) is 28.3. The summed E-state index contributed by atoms with van der Waals surface area (Å²) >= 11 is 0. The number of aliphatic hydroxyl groups excluding tert-OH is 22. The van der Waals surface area contributed by atoms with Crippen LogP contribution in [0.15, 0.2) is 24.3 Å². The van der Waals surface area contributed by atoms with Crippen LogP contribution in [-0.4, -0.2) is 382 Å². The average molecular weight is 1450 g/mol. The molecule has 0 bridgehead atoms. The van der Waals surface area contributed by atoms with E-state index in [4.69, 9.17) is 61.6 Å². The minimum Gasteiger partial charge on any atom is -0.460 e. The molecule has 0 spiro atoms. The number of carbonyl (C=O) groups is 2. The minimum absolute atomic E-state index is 0.0107. The summed E-state index contributed by atoms with van der Waals surface area (Å²) in [6, 6.07) is 0. The number of fused-ring (bicyclic) bond motifs is 1. The van der Waals surface area contributed by atoms with E-state index >= 15 is 0 Å². The summed E-state index contributed by atoms with van der Waals surface area (Å²) in [4.78, 5) is 25.9. The van der Waals surface area contributed by atoms with Crippen molar-refractivity contribution in [1.82, 2.24) is 0 Å². The molecule has 100 heavy (non-hydrogen) atoms. The highest BCUT2D eigenvalue weighted by Crippen LogP contribution is 2.44. The lowest BCUT2D eigenvalue weighted by atomic mass is 9.72. The van der Waals surface area contributed by atoms with Crippen LogP contribution in [0.5, 0.6) is 0 Å². The van der Waals surface area contributed by atoms with Gasteiger partial charge in [0, 0.05) is 30.9 Å². The van der Waals surface area contributed by atoms with Gasteiger partial charge in [-0.15, -0.1) is 0 Å². The molecule has 10 aliphatic rings. The molecule has 23 N–H and O–H groups in total. The molecule has 6 heterocycles. The maximum atomic E-state index is 13.1. The molecule has 4 aliphatic carbocycles. The second-order valence-corrected chi connectivity index (χ2v) is 28.3. The Morgan fingerprint density at radius 1 is 0.390 bits per heavy atom. The largest absolute Gasteiger partial charge is 0.460 e. The van der Waals surface area contributed by atoms with E-state index in [1.54, 1.807) is 0 Å². The number of esters is 2. The normalized spacial score (nSPS) is 51.3. The van der Waals surface area contributed by atoms with Gasteiger partial charge in [0.2, 0.25) is 0 Å². The Morgan fingerprint density at radius 2 is 0.800 bits per heavy atom. The van der Waals surface area contributed by atoms with Crippen LogP contribution in [0.3, 0.4) is 0 Å². The first-order valence-electron chi connectivity index (χ1n) is 34.2. The maximum absolute atomic E-state index is 13.1. The van der Waals surface area contributed by atoms with Crippen molar-refractivity contribution < 1.29 is 184 Å². The third kappa shape index (κ3) is 18.4. The highest BCUT2D eigenvalue weighted by atomic mass is 16.8. The molecule has 37 heteroatoms. The zero-order valence-electron chi connectivity index (χ0n) is 54.6. The lowest BCUT2D eigenvalue weighted by molar-refractivity contribution is -0.367. The highest BCUT2D eigenvalue weighted by Gasteiger charge is 2.58. The van der Waals surface area contributed by atoms with Gasteiger partial charge in [-0.25, -0.2) is 9.59 Å². The minimum atomic E-state index is -1.89. The summed E-state index contributed by atoms with van der Waals surface area (Å²) in [5.41, 5.74) is 0. The summed E-state index contributed by atoms with van der Waals surface area (Å²) in [6.07, 6.45) is -48.2. The molecule has 0 amide bonds. The Balaban J connectivity index is 0.671. The van der Waals surface area contributed by atoms with Crippen molar-refractivity contribution >= 4 is 11.9 Å². The third-order valence-electron chi connectivity index (χ3n) is 21.3. The fourth-order valence-electron chi connectivity index (χ4n) is 15.2. The zero-order valence-corrected chi connectivity index (χ0v) is 54.6. The predicted molar refractivity (Wildman–Crippen MR) is 322 cm³/mol. The molecule has 0 aromatic rings. The molecular weight excluding hydrogens is 1350 g/mol. The van der Waals surface area contributed by atoms with E-state index in [0.29, 0.717) is 12.8 Å². The Morgan fingerprint density at radius 3 is 1.26 bits per heavy atom. The standard InChI is InChI=1S/C63H100O37/c1-21-42(72)48(78)53(83)59(91-21)90-20-39-47(77)52(82)57(87)63(100-39)96-35-16-26-27(65)14-25(15-34(26)93-58(35)24-12-30(68)43(73)31(69)13-24)92-60-54(84)50(80)45(75)37(98-60)18-88-40(70)8-4-23-3-7-33(29(67)11-23)95-62-56(86)51(81)46(76)38(99-62)19-89-41(71)9-5-22-2-6-32(28(66)10-22)94-61-55(85)49(79)44(74)36(17-64)97-61/h4-5,8-9,21-39,42-69,72-87H,2-3,6-7,10-20H2,1H3/p+1/t21-,22?,23?,24?,25?,26?,27?,28?,29?,30?,31?,32?,33?,34?,35?,36+,37+,38+,39+,42-,43?,44+,45+,46+,47+,48+,49-,50-,51-,52-,53+,54+,55+,56+,57+,58?,59+,60+,61+,62+,63+/m0/s1. The summed E-state index contributed by atoms with van der Waals surface area (Å²) < 4.78 is 73.8. The Labute approximate surface area is 572 Å². The van der Waals surface area contributed by atoms with Crippen LogP contribution >= 0.6 is 0 Å². The van der Waals surface area contributed by atoms with E-state index in [2.05, 4.69) is 0 Å². The van der Waals surface area contributed by atoms with Crippen LogP contribution in [-0.2, 0) is 66.4 Å². The number of carbonyl (C=O) groups excluding carboxylic acids is 2. The van der Waals surface area contributed by atoms with Gasteiger partial charge < -0.3 is 174 Å². The van der Waals surface area contributed by atoms with Crippen molar-refractivity contribution in [2.75, 3.05) is 26.4 Å². The van der Waals surface area contributed by atoms with E-state index in [-0.39, 0.29) is 63.7 Å².